The minimum absolute atomic E-state index is 0.234. The summed E-state index contributed by atoms with van der Waals surface area (Å²) >= 11 is 1.34. The molecule has 3 aromatic rings. The van der Waals surface area contributed by atoms with Crippen molar-refractivity contribution >= 4 is 34.6 Å². The monoisotopic (exact) mass is 427 g/mol. The van der Waals surface area contributed by atoms with E-state index in [0.29, 0.717) is 30.3 Å². The Bertz CT molecular complexity index is 1070. The summed E-state index contributed by atoms with van der Waals surface area (Å²) < 4.78 is 18.7. The van der Waals surface area contributed by atoms with Crippen LogP contribution >= 0.6 is 11.8 Å². The molecule has 2 amide bonds. The predicted molar refractivity (Wildman–Crippen MR) is 113 cm³/mol. The molecule has 6 nitrogen and oxygen atoms in total. The molecule has 1 N–H and O–H groups in total. The van der Waals surface area contributed by atoms with Gasteiger partial charge in [-0.15, -0.1) is 0 Å². The number of hydrogen-bond acceptors (Lipinski definition) is 5. The molecule has 8 heteroatoms. The number of carbonyl (C=O) groups excluding carboxylic acids is 2. The van der Waals surface area contributed by atoms with Crippen LogP contribution in [0.15, 0.2) is 47.6 Å². The fourth-order valence-electron chi connectivity index (χ4n) is 3.48. The van der Waals surface area contributed by atoms with Crippen LogP contribution in [0.3, 0.4) is 0 Å². The molecule has 4 rings (SSSR count). The second-order valence-electron chi connectivity index (χ2n) is 7.06. The van der Waals surface area contributed by atoms with Gasteiger partial charge in [0.25, 0.3) is 5.91 Å². The van der Waals surface area contributed by atoms with Crippen molar-refractivity contribution in [3.63, 3.8) is 0 Å². The molecule has 0 bridgehead atoms. The van der Waals surface area contributed by atoms with Crippen LogP contribution in [-0.2, 0) is 4.79 Å². The van der Waals surface area contributed by atoms with E-state index in [0.717, 1.165) is 29.6 Å². The first kappa shape index (κ1) is 20.4. The van der Waals surface area contributed by atoms with Gasteiger partial charge in [-0.05, 0) is 56.2 Å². The van der Waals surface area contributed by atoms with E-state index in [-0.39, 0.29) is 5.91 Å². The van der Waals surface area contributed by atoms with E-state index in [4.69, 9.17) is 4.74 Å². The number of nitrogens with one attached hydrogen (secondary N) is 1. The number of hydrogen-bond donors (Lipinski definition) is 1. The van der Waals surface area contributed by atoms with Gasteiger partial charge < -0.3 is 9.72 Å². The predicted octanol–water partition coefficient (Wildman–Crippen LogP) is 4.41. The lowest BCUT2D eigenvalue weighted by molar-refractivity contribution is -0.127. The number of fused-ring (bicyclic) bond motifs is 1. The van der Waals surface area contributed by atoms with E-state index >= 15 is 0 Å². The summed E-state index contributed by atoms with van der Waals surface area (Å²) in [4.78, 5) is 35.1. The highest BCUT2D eigenvalue weighted by Crippen LogP contribution is 2.31. The molecule has 0 saturated carbocycles. The molecule has 1 aliphatic heterocycles. The van der Waals surface area contributed by atoms with Crippen molar-refractivity contribution in [2.45, 2.75) is 36.6 Å². The zero-order valence-electron chi connectivity index (χ0n) is 16.6. The number of halogens is 1. The Hall–Kier alpha value is -2.87. The van der Waals surface area contributed by atoms with E-state index in [1.54, 1.807) is 0 Å². The van der Waals surface area contributed by atoms with Crippen molar-refractivity contribution in [3.05, 3.63) is 53.8 Å². The molecule has 1 aliphatic rings. The van der Waals surface area contributed by atoms with Crippen molar-refractivity contribution in [1.29, 1.82) is 0 Å². The number of imidazole rings is 1. The Morgan fingerprint density at radius 2 is 2.07 bits per heavy atom. The minimum atomic E-state index is -0.417. The molecule has 156 valence electrons. The molecule has 0 radical (unpaired) electrons. The number of benzene rings is 2. The van der Waals surface area contributed by atoms with Crippen LogP contribution in [0.25, 0.3) is 11.0 Å². The summed E-state index contributed by atoms with van der Waals surface area (Å²) in [5.41, 5.74) is 1.94. The van der Waals surface area contributed by atoms with Crippen LogP contribution in [0.1, 0.15) is 36.5 Å². The van der Waals surface area contributed by atoms with E-state index in [1.807, 2.05) is 25.1 Å². The van der Waals surface area contributed by atoms with Crippen LogP contribution in [0.2, 0.25) is 0 Å². The van der Waals surface area contributed by atoms with Gasteiger partial charge in [0.05, 0.1) is 22.9 Å². The maximum absolute atomic E-state index is 13.2. The number of thioether (sulfide) groups is 1. The Morgan fingerprint density at radius 3 is 2.83 bits per heavy atom. The second-order valence-corrected chi connectivity index (χ2v) is 8.25. The van der Waals surface area contributed by atoms with Gasteiger partial charge in [-0.25, -0.2) is 9.37 Å². The number of nitrogens with zero attached hydrogens (tertiary/aromatic N) is 2. The van der Waals surface area contributed by atoms with Gasteiger partial charge in [-0.2, -0.15) is 0 Å². The van der Waals surface area contributed by atoms with Crippen molar-refractivity contribution < 1.29 is 18.7 Å². The van der Waals surface area contributed by atoms with Gasteiger partial charge >= 0.3 is 0 Å². The quantitative estimate of drug-likeness (QED) is 0.611. The standard InChI is InChI=1S/C22H22FN3O3S/c1-2-29-16-10-11-17-18(13-16)25-22(24-17)30-19-5-3-4-12-26(21(19)28)20(27)14-6-8-15(23)9-7-14/h6-11,13,19H,2-5,12H2,1H3,(H,24,25). The maximum atomic E-state index is 13.2. The number of ether oxygens (including phenoxy) is 1. The second kappa shape index (κ2) is 8.87. The number of amides is 2. The third kappa shape index (κ3) is 4.33. The highest BCUT2D eigenvalue weighted by atomic mass is 32.2. The lowest BCUT2D eigenvalue weighted by Crippen LogP contribution is -2.41. The Labute approximate surface area is 177 Å². The third-order valence-corrected chi connectivity index (χ3v) is 6.11. The summed E-state index contributed by atoms with van der Waals surface area (Å²) in [5, 5.41) is 0.219. The summed E-state index contributed by atoms with van der Waals surface area (Å²) in [6.07, 6.45) is 2.25. The molecule has 30 heavy (non-hydrogen) atoms. The molecule has 2 aromatic carbocycles. The number of likely N-dealkylation sites (tertiary alicyclic amines) is 1. The first-order chi connectivity index (χ1) is 14.5. The van der Waals surface area contributed by atoms with Crippen LogP contribution < -0.4 is 4.74 Å². The molecule has 1 aromatic heterocycles. The van der Waals surface area contributed by atoms with Crippen molar-refractivity contribution in [1.82, 2.24) is 14.9 Å². The fraction of sp³-hybridized carbons (Fsp3) is 0.318. The normalized spacial score (nSPS) is 17.2. The van der Waals surface area contributed by atoms with Crippen molar-refractivity contribution in [2.24, 2.45) is 0 Å². The maximum Gasteiger partial charge on any atom is 0.260 e. The molecular weight excluding hydrogens is 405 g/mol. The smallest absolute Gasteiger partial charge is 0.260 e. The van der Waals surface area contributed by atoms with Gasteiger partial charge in [0.2, 0.25) is 5.91 Å². The number of H-pyrrole nitrogens is 1. The highest BCUT2D eigenvalue weighted by molar-refractivity contribution is 8.00. The zero-order valence-corrected chi connectivity index (χ0v) is 17.4. The number of aromatic nitrogens is 2. The van der Waals surface area contributed by atoms with E-state index in [9.17, 15) is 14.0 Å². The summed E-state index contributed by atoms with van der Waals surface area (Å²) in [7, 11) is 0. The van der Waals surface area contributed by atoms with Gasteiger partial charge in [-0.1, -0.05) is 18.2 Å². The molecule has 1 unspecified atom stereocenters. The minimum Gasteiger partial charge on any atom is -0.494 e. The Kier molecular flexibility index (Phi) is 6.03. The first-order valence-corrected chi connectivity index (χ1v) is 10.8. The summed E-state index contributed by atoms with van der Waals surface area (Å²) in [6.45, 7) is 2.87. The average Bonchev–Trinajstić information content (AvgIpc) is 3.05. The highest BCUT2D eigenvalue weighted by Gasteiger charge is 2.32. The third-order valence-electron chi connectivity index (χ3n) is 4.97. The van der Waals surface area contributed by atoms with E-state index in [2.05, 4.69) is 9.97 Å². The molecule has 1 fully saturated rings. The molecular formula is C22H22FN3O3S. The summed E-state index contributed by atoms with van der Waals surface area (Å²) in [6, 6.07) is 10.9. The molecule has 1 atom stereocenters. The Morgan fingerprint density at radius 1 is 1.27 bits per heavy atom. The van der Waals surface area contributed by atoms with Crippen molar-refractivity contribution in [2.75, 3.05) is 13.2 Å². The molecule has 0 aliphatic carbocycles. The van der Waals surface area contributed by atoms with Gasteiger partial charge in [-0.3, -0.25) is 14.5 Å². The van der Waals surface area contributed by atoms with Crippen molar-refractivity contribution in [3.8, 4) is 5.75 Å². The lowest BCUT2D eigenvalue weighted by Gasteiger charge is -2.22. The molecule has 2 heterocycles. The fourth-order valence-corrected chi connectivity index (χ4v) is 4.58. The SMILES string of the molecule is CCOc1ccc2nc(SC3CCCCN(C(=O)c4ccc(F)cc4)C3=O)[nH]c2c1. The number of rotatable bonds is 5. The molecule has 1 saturated heterocycles. The lowest BCUT2D eigenvalue weighted by atomic mass is 10.2. The van der Waals surface area contributed by atoms with Crippen LogP contribution in [0, 0.1) is 5.82 Å². The van der Waals surface area contributed by atoms with E-state index in [1.165, 1.54) is 40.9 Å². The summed E-state index contributed by atoms with van der Waals surface area (Å²) in [5.74, 6) is -0.285. The van der Waals surface area contributed by atoms with Gasteiger partial charge in [0, 0.05) is 18.2 Å². The number of aromatic amines is 1. The zero-order chi connectivity index (χ0) is 21.1. The molecule has 0 spiro atoms. The van der Waals surface area contributed by atoms with Crippen LogP contribution in [0.5, 0.6) is 5.75 Å². The number of carbonyl (C=O) groups is 2. The van der Waals surface area contributed by atoms with Crippen LogP contribution in [-0.4, -0.2) is 45.1 Å². The van der Waals surface area contributed by atoms with E-state index < -0.39 is 17.0 Å². The van der Waals surface area contributed by atoms with Gasteiger partial charge in [0.1, 0.15) is 11.6 Å². The number of imide groups is 1. The topological polar surface area (TPSA) is 75.3 Å². The average molecular weight is 428 g/mol. The first-order valence-electron chi connectivity index (χ1n) is 9.95. The van der Waals surface area contributed by atoms with Gasteiger partial charge in [0.15, 0.2) is 5.16 Å². The Balaban J connectivity index is 1.53. The van der Waals surface area contributed by atoms with Crippen LogP contribution in [0.4, 0.5) is 4.39 Å². The largest absolute Gasteiger partial charge is 0.494 e.